The van der Waals surface area contributed by atoms with E-state index in [1.807, 2.05) is 49.3 Å². The first-order valence-electron chi connectivity index (χ1n) is 11.5. The van der Waals surface area contributed by atoms with Gasteiger partial charge in [0.25, 0.3) is 5.91 Å². The van der Waals surface area contributed by atoms with Crippen molar-refractivity contribution in [3.63, 3.8) is 0 Å². The van der Waals surface area contributed by atoms with E-state index < -0.39 is 15.9 Å². The first-order chi connectivity index (χ1) is 17.2. The summed E-state index contributed by atoms with van der Waals surface area (Å²) >= 11 is 6.11. The van der Waals surface area contributed by atoms with Crippen molar-refractivity contribution >= 4 is 44.6 Å². The first kappa shape index (κ1) is 25.8. The van der Waals surface area contributed by atoms with Crippen molar-refractivity contribution < 1.29 is 17.9 Å². The standard InChI is InChI=1S/C26H29ClN4O4S/c1-29(2)22-10-8-21(9-11-22)28-26(32)19-7-12-24(35-3)25(17-19)36(33,34)31-15-13-30(14-16-31)23-6-4-5-20(27)18-23/h4-12,17-18H,13-16H2,1-3H3,(H,28,32). The van der Waals surface area contributed by atoms with Crippen LogP contribution in [0.5, 0.6) is 5.75 Å². The van der Waals surface area contributed by atoms with Crippen LogP contribution in [0.15, 0.2) is 71.6 Å². The third-order valence-corrected chi connectivity index (χ3v) is 8.25. The molecule has 0 aromatic heterocycles. The molecular formula is C26H29ClN4O4S. The largest absolute Gasteiger partial charge is 0.495 e. The number of halogens is 1. The minimum Gasteiger partial charge on any atom is -0.495 e. The van der Waals surface area contributed by atoms with E-state index >= 15 is 0 Å². The quantitative estimate of drug-likeness (QED) is 0.495. The van der Waals surface area contributed by atoms with Crippen molar-refractivity contribution in [2.75, 3.05) is 62.5 Å². The van der Waals surface area contributed by atoms with Crippen molar-refractivity contribution in [1.82, 2.24) is 4.31 Å². The van der Waals surface area contributed by atoms with Gasteiger partial charge in [-0.25, -0.2) is 8.42 Å². The van der Waals surface area contributed by atoms with Crippen LogP contribution in [0.3, 0.4) is 0 Å². The van der Waals surface area contributed by atoms with Gasteiger partial charge in [-0.05, 0) is 60.7 Å². The number of hydrogen-bond acceptors (Lipinski definition) is 6. The third-order valence-electron chi connectivity index (χ3n) is 6.10. The van der Waals surface area contributed by atoms with Gasteiger partial charge in [0.1, 0.15) is 10.6 Å². The highest BCUT2D eigenvalue weighted by atomic mass is 35.5. The van der Waals surface area contributed by atoms with Crippen LogP contribution in [0, 0.1) is 0 Å². The van der Waals surface area contributed by atoms with Gasteiger partial charge in [-0.15, -0.1) is 0 Å². The Balaban J connectivity index is 1.52. The molecule has 0 spiro atoms. The Morgan fingerprint density at radius 3 is 2.28 bits per heavy atom. The van der Waals surface area contributed by atoms with Crippen molar-refractivity contribution in [2.45, 2.75) is 4.90 Å². The molecule has 1 aliphatic heterocycles. The molecule has 1 aliphatic rings. The van der Waals surface area contributed by atoms with Gasteiger partial charge in [0.2, 0.25) is 10.0 Å². The van der Waals surface area contributed by atoms with Gasteiger partial charge in [-0.2, -0.15) is 4.31 Å². The molecule has 0 bridgehead atoms. The van der Waals surface area contributed by atoms with Crippen LogP contribution in [0.25, 0.3) is 0 Å². The molecule has 1 N–H and O–H groups in total. The molecule has 1 saturated heterocycles. The fourth-order valence-electron chi connectivity index (χ4n) is 4.06. The molecule has 0 aliphatic carbocycles. The molecule has 3 aromatic carbocycles. The van der Waals surface area contributed by atoms with E-state index in [-0.39, 0.29) is 16.2 Å². The first-order valence-corrected chi connectivity index (χ1v) is 13.3. The second kappa shape index (κ2) is 10.8. The molecule has 0 unspecified atom stereocenters. The predicted molar refractivity (Wildman–Crippen MR) is 144 cm³/mol. The van der Waals surface area contributed by atoms with Crippen molar-refractivity contribution in [3.05, 3.63) is 77.3 Å². The zero-order valence-corrected chi connectivity index (χ0v) is 22.0. The van der Waals surface area contributed by atoms with Gasteiger partial charge in [0, 0.05) is 67.9 Å². The summed E-state index contributed by atoms with van der Waals surface area (Å²) in [4.78, 5) is 17.0. The van der Waals surface area contributed by atoms with Crippen molar-refractivity contribution in [2.24, 2.45) is 0 Å². The SMILES string of the molecule is COc1ccc(C(=O)Nc2ccc(N(C)C)cc2)cc1S(=O)(=O)N1CCN(c2cccc(Cl)c2)CC1. The highest BCUT2D eigenvalue weighted by Gasteiger charge is 2.31. The molecule has 10 heteroatoms. The molecule has 1 amide bonds. The molecular weight excluding hydrogens is 500 g/mol. The van der Waals surface area contributed by atoms with Crippen molar-refractivity contribution in [3.8, 4) is 5.75 Å². The van der Waals surface area contributed by atoms with Crippen LogP contribution in [0.2, 0.25) is 5.02 Å². The minimum atomic E-state index is -3.89. The van der Waals surface area contributed by atoms with E-state index in [2.05, 4.69) is 10.2 Å². The number of sulfonamides is 1. The zero-order valence-electron chi connectivity index (χ0n) is 20.4. The highest BCUT2D eigenvalue weighted by molar-refractivity contribution is 7.89. The highest BCUT2D eigenvalue weighted by Crippen LogP contribution is 2.30. The Kier molecular flexibility index (Phi) is 7.73. The molecule has 190 valence electrons. The van der Waals surface area contributed by atoms with E-state index in [1.165, 1.54) is 23.5 Å². The lowest BCUT2D eigenvalue weighted by molar-refractivity contribution is 0.102. The molecule has 1 fully saturated rings. The maximum atomic E-state index is 13.6. The lowest BCUT2D eigenvalue weighted by atomic mass is 10.2. The summed E-state index contributed by atoms with van der Waals surface area (Å²) in [6.45, 7) is 1.63. The number of piperazine rings is 1. The number of benzene rings is 3. The summed E-state index contributed by atoms with van der Waals surface area (Å²) in [5.74, 6) is -0.211. The normalized spacial score (nSPS) is 14.4. The van der Waals surface area contributed by atoms with E-state index in [0.717, 1.165) is 11.4 Å². The predicted octanol–water partition coefficient (Wildman–Crippen LogP) is 4.18. The van der Waals surface area contributed by atoms with E-state index in [0.29, 0.717) is 36.9 Å². The van der Waals surface area contributed by atoms with E-state index in [1.54, 1.807) is 24.3 Å². The van der Waals surface area contributed by atoms with Gasteiger partial charge in [-0.1, -0.05) is 17.7 Å². The Bertz CT molecular complexity index is 1340. The average molecular weight is 529 g/mol. The molecule has 0 atom stereocenters. The van der Waals surface area contributed by atoms with Crippen LogP contribution in [-0.4, -0.2) is 66.0 Å². The number of nitrogens with zero attached hydrogens (tertiary/aromatic N) is 3. The summed E-state index contributed by atoms with van der Waals surface area (Å²) in [6.07, 6.45) is 0. The van der Waals surface area contributed by atoms with Crippen LogP contribution >= 0.6 is 11.6 Å². The molecule has 0 radical (unpaired) electrons. The lowest BCUT2D eigenvalue weighted by Gasteiger charge is -2.35. The molecule has 0 saturated carbocycles. The molecule has 8 nitrogen and oxygen atoms in total. The summed E-state index contributed by atoms with van der Waals surface area (Å²) in [5.41, 5.74) is 2.79. The number of carbonyl (C=O) groups excluding carboxylic acids is 1. The van der Waals surface area contributed by atoms with Crippen LogP contribution in [0.4, 0.5) is 17.1 Å². The molecule has 36 heavy (non-hydrogen) atoms. The van der Waals surface area contributed by atoms with Gasteiger partial charge in [0.05, 0.1) is 7.11 Å². The molecule has 3 aromatic rings. The Morgan fingerprint density at radius 2 is 1.67 bits per heavy atom. The number of anilines is 3. The second-order valence-electron chi connectivity index (χ2n) is 8.63. The fourth-order valence-corrected chi connectivity index (χ4v) is 5.85. The average Bonchev–Trinajstić information content (AvgIpc) is 2.88. The van der Waals surface area contributed by atoms with Gasteiger partial charge in [-0.3, -0.25) is 4.79 Å². The topological polar surface area (TPSA) is 82.2 Å². The Labute approximate surface area is 217 Å². The maximum Gasteiger partial charge on any atom is 0.255 e. The van der Waals surface area contributed by atoms with Crippen molar-refractivity contribution in [1.29, 1.82) is 0 Å². The summed E-state index contributed by atoms with van der Waals surface area (Å²) in [7, 11) is 1.39. The van der Waals surface area contributed by atoms with Crippen LogP contribution in [-0.2, 0) is 10.0 Å². The number of ether oxygens (including phenoxy) is 1. The number of rotatable bonds is 7. The monoisotopic (exact) mass is 528 g/mol. The summed E-state index contributed by atoms with van der Waals surface area (Å²) in [5, 5.41) is 3.46. The van der Waals surface area contributed by atoms with Crippen LogP contribution < -0.4 is 19.9 Å². The third kappa shape index (κ3) is 5.59. The van der Waals surface area contributed by atoms with Gasteiger partial charge in [0.15, 0.2) is 0 Å². The number of amides is 1. The fraction of sp³-hybridized carbons (Fsp3) is 0.269. The second-order valence-corrected chi connectivity index (χ2v) is 11.0. The summed E-state index contributed by atoms with van der Waals surface area (Å²) in [6, 6.07) is 19.3. The minimum absolute atomic E-state index is 0.0307. The van der Waals surface area contributed by atoms with Gasteiger partial charge >= 0.3 is 0 Å². The Hall–Kier alpha value is -3.27. The summed E-state index contributed by atoms with van der Waals surface area (Å²) < 4.78 is 33.9. The maximum absolute atomic E-state index is 13.6. The Morgan fingerprint density at radius 1 is 0.972 bits per heavy atom. The number of nitrogens with one attached hydrogen (secondary N) is 1. The lowest BCUT2D eigenvalue weighted by Crippen LogP contribution is -2.48. The zero-order chi connectivity index (χ0) is 25.9. The van der Waals surface area contributed by atoms with E-state index in [4.69, 9.17) is 16.3 Å². The van der Waals surface area contributed by atoms with E-state index in [9.17, 15) is 13.2 Å². The van der Waals surface area contributed by atoms with Crippen LogP contribution in [0.1, 0.15) is 10.4 Å². The molecule has 4 rings (SSSR count). The number of methoxy groups -OCH3 is 1. The molecule has 1 heterocycles. The smallest absolute Gasteiger partial charge is 0.255 e. The number of carbonyl (C=O) groups is 1. The number of hydrogen-bond donors (Lipinski definition) is 1. The van der Waals surface area contributed by atoms with Gasteiger partial charge < -0.3 is 19.9 Å².